The summed E-state index contributed by atoms with van der Waals surface area (Å²) in [5, 5.41) is 11.4. The first-order valence-electron chi connectivity index (χ1n) is 14.3. The minimum Gasteiger partial charge on any atom is -0.478 e. The predicted molar refractivity (Wildman–Crippen MR) is 158 cm³/mol. The van der Waals surface area contributed by atoms with E-state index in [2.05, 4.69) is 0 Å². The lowest BCUT2D eigenvalue weighted by atomic mass is 9.77. The quantitative estimate of drug-likeness (QED) is 0.416. The highest BCUT2D eigenvalue weighted by molar-refractivity contribution is 6.11. The third-order valence-electron chi connectivity index (χ3n) is 8.10. The van der Waals surface area contributed by atoms with Gasteiger partial charge in [-0.2, -0.15) is 0 Å². The Balaban J connectivity index is 1.40. The number of hydrogen-bond acceptors (Lipinski definition) is 6. The number of likely N-dealkylation sites (tertiary alicyclic amines) is 1. The van der Waals surface area contributed by atoms with E-state index in [1.807, 2.05) is 63.2 Å². The molecule has 0 bridgehead atoms. The normalized spacial score (nSPS) is 17.0. The Morgan fingerprint density at radius 2 is 1.55 bits per heavy atom. The summed E-state index contributed by atoms with van der Waals surface area (Å²) in [6, 6.07) is 18.5. The molecule has 2 amide bonds. The van der Waals surface area contributed by atoms with Crippen LogP contribution in [0.5, 0.6) is 0 Å². The van der Waals surface area contributed by atoms with Crippen LogP contribution in [0.15, 0.2) is 60.7 Å². The summed E-state index contributed by atoms with van der Waals surface area (Å²) >= 11 is 0. The second kappa shape index (κ2) is 11.2. The average molecular weight is 572 g/mol. The van der Waals surface area contributed by atoms with Crippen LogP contribution in [-0.2, 0) is 33.8 Å². The van der Waals surface area contributed by atoms with Gasteiger partial charge in [-0.05, 0) is 73.2 Å². The van der Waals surface area contributed by atoms with Gasteiger partial charge in [0, 0.05) is 38.5 Å². The molecule has 9 heteroatoms. The summed E-state index contributed by atoms with van der Waals surface area (Å²) in [5.74, 6) is -2.36. The second-order valence-corrected chi connectivity index (χ2v) is 12.4. The van der Waals surface area contributed by atoms with E-state index in [4.69, 9.17) is 10.5 Å². The van der Waals surface area contributed by atoms with E-state index in [9.17, 15) is 24.3 Å². The molecule has 1 unspecified atom stereocenters. The zero-order valence-electron chi connectivity index (χ0n) is 24.3. The molecule has 3 aromatic carbocycles. The molecular formula is C33H37N3O6. The lowest BCUT2D eigenvalue weighted by molar-refractivity contribution is -0.146. The summed E-state index contributed by atoms with van der Waals surface area (Å²) in [7, 11) is 0. The van der Waals surface area contributed by atoms with Crippen molar-refractivity contribution in [2.24, 2.45) is 11.7 Å². The van der Waals surface area contributed by atoms with E-state index in [0.717, 1.165) is 27.5 Å². The Hall–Kier alpha value is -4.24. The van der Waals surface area contributed by atoms with Crippen molar-refractivity contribution in [1.82, 2.24) is 9.80 Å². The maximum absolute atomic E-state index is 14.2. The fourth-order valence-electron chi connectivity index (χ4n) is 5.91. The van der Waals surface area contributed by atoms with E-state index in [1.165, 1.54) is 6.07 Å². The van der Waals surface area contributed by atoms with Crippen LogP contribution in [0.4, 0.5) is 4.79 Å². The number of nitrogens with zero attached hydrogens (tertiary/aromatic N) is 2. The highest BCUT2D eigenvalue weighted by Crippen LogP contribution is 2.31. The Morgan fingerprint density at radius 3 is 2.21 bits per heavy atom. The van der Waals surface area contributed by atoms with Gasteiger partial charge in [0.05, 0.1) is 5.56 Å². The van der Waals surface area contributed by atoms with Crippen LogP contribution in [0, 0.1) is 5.92 Å². The van der Waals surface area contributed by atoms with E-state index in [-0.39, 0.29) is 30.9 Å². The van der Waals surface area contributed by atoms with E-state index in [1.54, 1.807) is 21.9 Å². The van der Waals surface area contributed by atoms with Crippen LogP contribution in [0.25, 0.3) is 10.8 Å². The molecule has 0 aliphatic carbocycles. The maximum atomic E-state index is 14.2. The number of ketones is 1. The van der Waals surface area contributed by atoms with E-state index >= 15 is 0 Å². The molecule has 0 aromatic heterocycles. The molecule has 1 fully saturated rings. The molecule has 0 spiro atoms. The van der Waals surface area contributed by atoms with Gasteiger partial charge in [-0.25, -0.2) is 9.59 Å². The van der Waals surface area contributed by atoms with E-state index < -0.39 is 35.0 Å². The van der Waals surface area contributed by atoms with Crippen molar-refractivity contribution >= 4 is 34.5 Å². The minimum atomic E-state index is -1.83. The summed E-state index contributed by atoms with van der Waals surface area (Å²) in [6.07, 6.45) is 0.360. The number of rotatable bonds is 6. The number of fused-ring (bicyclic) bond motifs is 2. The molecule has 2 aliphatic rings. The van der Waals surface area contributed by atoms with Crippen molar-refractivity contribution in [1.29, 1.82) is 0 Å². The summed E-state index contributed by atoms with van der Waals surface area (Å²) < 4.78 is 5.49. The number of carboxylic acid groups (broad SMARTS) is 1. The number of Topliss-reactive ketones (excluding diaryl/α,β-unsaturated/α-hetero) is 1. The molecular weight excluding hydrogens is 534 g/mol. The number of amides is 2. The zero-order valence-corrected chi connectivity index (χ0v) is 24.3. The first-order chi connectivity index (χ1) is 19.8. The van der Waals surface area contributed by atoms with Gasteiger partial charge in [-0.15, -0.1) is 0 Å². The van der Waals surface area contributed by atoms with Gasteiger partial charge in [-0.3, -0.25) is 9.59 Å². The first-order valence-corrected chi connectivity index (χ1v) is 14.3. The number of benzene rings is 3. The zero-order chi connectivity index (χ0) is 30.2. The van der Waals surface area contributed by atoms with Crippen molar-refractivity contribution < 1.29 is 29.0 Å². The monoisotopic (exact) mass is 571 g/mol. The SMILES string of the molecule is CC(C)(C)OC(=O)N1CCC(C(=O)C(N)(Cc2ccc3ccccc3c2)C(=O)N2Cc3ccc(C(=O)O)cc3C2)CC1. The summed E-state index contributed by atoms with van der Waals surface area (Å²) in [4.78, 5) is 55.7. The third-order valence-corrected chi connectivity index (χ3v) is 8.10. The van der Waals surface area contributed by atoms with Gasteiger partial charge in [0.1, 0.15) is 5.60 Å². The molecule has 2 heterocycles. The highest BCUT2D eigenvalue weighted by atomic mass is 16.6. The number of carbonyl (C=O) groups is 4. The molecule has 2 aliphatic heterocycles. The highest BCUT2D eigenvalue weighted by Gasteiger charge is 2.48. The molecule has 0 radical (unpaired) electrons. The summed E-state index contributed by atoms with van der Waals surface area (Å²) in [5.41, 5.74) is 6.94. The molecule has 9 nitrogen and oxygen atoms in total. The van der Waals surface area contributed by atoms with Crippen molar-refractivity contribution in [3.63, 3.8) is 0 Å². The van der Waals surface area contributed by atoms with Gasteiger partial charge >= 0.3 is 12.1 Å². The molecule has 1 atom stereocenters. The first kappa shape index (κ1) is 29.3. The molecule has 3 N–H and O–H groups in total. The minimum absolute atomic E-state index is 0.0228. The topological polar surface area (TPSA) is 130 Å². The Bertz CT molecular complexity index is 1550. The number of ether oxygens (including phenoxy) is 1. The summed E-state index contributed by atoms with van der Waals surface area (Å²) in [6.45, 7) is 6.51. The van der Waals surface area contributed by atoms with E-state index in [0.29, 0.717) is 25.9 Å². The molecule has 220 valence electrons. The van der Waals surface area contributed by atoms with Crippen LogP contribution in [0.1, 0.15) is 60.7 Å². The lowest BCUT2D eigenvalue weighted by Crippen LogP contribution is -2.63. The Morgan fingerprint density at radius 1 is 0.881 bits per heavy atom. The number of hydrogen-bond donors (Lipinski definition) is 2. The van der Waals surface area contributed by atoms with Crippen molar-refractivity contribution in [3.05, 3.63) is 82.9 Å². The van der Waals surface area contributed by atoms with Gasteiger partial charge in [0.25, 0.3) is 5.91 Å². The Kier molecular flexibility index (Phi) is 7.81. The third kappa shape index (κ3) is 6.01. The van der Waals surface area contributed by atoms with Crippen LogP contribution < -0.4 is 5.73 Å². The number of aromatic carboxylic acids is 1. The van der Waals surface area contributed by atoms with Gasteiger partial charge in [0.15, 0.2) is 11.3 Å². The molecule has 42 heavy (non-hydrogen) atoms. The fraction of sp³-hybridized carbons (Fsp3) is 0.394. The lowest BCUT2D eigenvalue weighted by Gasteiger charge is -2.37. The van der Waals surface area contributed by atoms with Gasteiger partial charge in [0.2, 0.25) is 0 Å². The van der Waals surface area contributed by atoms with Gasteiger partial charge < -0.3 is 25.4 Å². The van der Waals surface area contributed by atoms with Crippen molar-refractivity contribution in [2.45, 2.75) is 64.3 Å². The largest absolute Gasteiger partial charge is 0.478 e. The molecule has 1 saturated heterocycles. The number of nitrogens with two attached hydrogens (primary N) is 1. The average Bonchev–Trinajstić information content (AvgIpc) is 3.39. The number of piperidine rings is 1. The maximum Gasteiger partial charge on any atom is 0.410 e. The Labute approximate surface area is 245 Å². The van der Waals surface area contributed by atoms with Gasteiger partial charge in [-0.1, -0.05) is 48.5 Å². The van der Waals surface area contributed by atoms with Crippen molar-refractivity contribution in [2.75, 3.05) is 13.1 Å². The van der Waals surface area contributed by atoms with Crippen LogP contribution in [0.3, 0.4) is 0 Å². The van der Waals surface area contributed by atoms with Crippen LogP contribution >= 0.6 is 0 Å². The predicted octanol–water partition coefficient (Wildman–Crippen LogP) is 4.54. The molecule has 3 aromatic rings. The fourth-order valence-corrected chi connectivity index (χ4v) is 5.91. The smallest absolute Gasteiger partial charge is 0.410 e. The second-order valence-electron chi connectivity index (χ2n) is 12.4. The number of carboxylic acids is 1. The number of carbonyl (C=O) groups excluding carboxylic acids is 3. The van der Waals surface area contributed by atoms with Crippen LogP contribution in [-0.4, -0.2) is 62.9 Å². The van der Waals surface area contributed by atoms with Crippen molar-refractivity contribution in [3.8, 4) is 0 Å². The van der Waals surface area contributed by atoms with Crippen LogP contribution in [0.2, 0.25) is 0 Å². The molecule has 5 rings (SSSR count). The molecule has 0 saturated carbocycles. The standard InChI is InChI=1S/C33H37N3O6/c1-32(2,3)42-31(41)35-14-12-23(13-15-35)28(37)33(34,18-21-8-9-22-6-4-5-7-24(22)16-21)30(40)36-19-26-11-10-25(29(38)39)17-27(26)20-36/h4-11,16-17,23H,12-15,18-20,34H2,1-3H3,(H,38,39).